The first-order valence-corrected chi connectivity index (χ1v) is 7.58. The van der Waals surface area contributed by atoms with Gasteiger partial charge in [-0.15, -0.1) is 0 Å². The topological polar surface area (TPSA) is 29.1 Å². The van der Waals surface area contributed by atoms with Crippen LogP contribution in [0.1, 0.15) is 23.6 Å². The average molecular weight is 344 g/mol. The van der Waals surface area contributed by atoms with Gasteiger partial charge in [0.15, 0.2) is 6.29 Å². The molecule has 1 N–H and O–H groups in total. The Hall–Kier alpha value is -1.87. The molecule has 0 unspecified atom stereocenters. The minimum Gasteiger partial charge on any atom is -0.358 e. The van der Waals surface area contributed by atoms with Crippen molar-refractivity contribution in [2.24, 2.45) is 0 Å². The number of allylic oxidation sites excluding steroid dienone is 2. The number of benzene rings is 2. The van der Waals surface area contributed by atoms with Gasteiger partial charge in [-0.05, 0) is 44.0 Å². The summed E-state index contributed by atoms with van der Waals surface area (Å²) >= 11 is 3.50. The Morgan fingerprint density at radius 3 is 2.48 bits per heavy atom. The van der Waals surface area contributed by atoms with Gasteiger partial charge in [-0.2, -0.15) is 0 Å². The van der Waals surface area contributed by atoms with Crippen LogP contribution in [-0.2, 0) is 4.79 Å². The molecule has 0 saturated carbocycles. The Balaban J connectivity index is 2.44. The summed E-state index contributed by atoms with van der Waals surface area (Å²) in [5.74, 6) is 0. The molecule has 2 nitrogen and oxygen atoms in total. The van der Waals surface area contributed by atoms with Gasteiger partial charge in [-0.25, -0.2) is 0 Å². The van der Waals surface area contributed by atoms with Crippen molar-refractivity contribution < 1.29 is 4.79 Å². The third kappa shape index (κ3) is 3.42. The lowest BCUT2D eigenvalue weighted by atomic mass is 10.0. The summed E-state index contributed by atoms with van der Waals surface area (Å²) in [5, 5.41) is 3.36. The quantitative estimate of drug-likeness (QED) is 0.617. The van der Waals surface area contributed by atoms with Crippen molar-refractivity contribution in [2.75, 3.05) is 5.32 Å². The molecule has 3 heteroatoms. The second-order valence-electron chi connectivity index (χ2n) is 5.01. The van der Waals surface area contributed by atoms with Gasteiger partial charge in [-0.3, -0.25) is 4.79 Å². The average Bonchev–Trinajstić information content (AvgIpc) is 2.47. The number of nitrogens with one attached hydrogen (secondary N) is 1. The molecule has 0 spiro atoms. The number of aryl methyl sites for hydroxylation is 1. The number of hydrogen-bond donors (Lipinski definition) is 1. The normalized spacial score (nSPS) is 11.8. The molecule has 108 valence electrons. The summed E-state index contributed by atoms with van der Waals surface area (Å²) in [6, 6.07) is 13.8. The lowest BCUT2D eigenvalue weighted by Gasteiger charge is -2.14. The fourth-order valence-electron chi connectivity index (χ4n) is 2.19. The smallest absolute Gasteiger partial charge is 0.152 e. The molecule has 0 bridgehead atoms. The van der Waals surface area contributed by atoms with Gasteiger partial charge in [0.25, 0.3) is 0 Å². The van der Waals surface area contributed by atoms with E-state index in [2.05, 4.69) is 41.2 Å². The van der Waals surface area contributed by atoms with Crippen LogP contribution in [0.5, 0.6) is 0 Å². The first-order valence-electron chi connectivity index (χ1n) is 6.78. The highest BCUT2D eigenvalue weighted by Crippen LogP contribution is 2.27. The lowest BCUT2D eigenvalue weighted by molar-refractivity contribution is -0.103. The summed E-state index contributed by atoms with van der Waals surface area (Å²) < 4.78 is 0.911. The van der Waals surface area contributed by atoms with Crippen LogP contribution in [-0.4, -0.2) is 6.29 Å². The van der Waals surface area contributed by atoms with Crippen LogP contribution in [0.25, 0.3) is 5.57 Å². The molecule has 21 heavy (non-hydrogen) atoms. The molecule has 2 aromatic carbocycles. The maximum Gasteiger partial charge on any atom is 0.152 e. The van der Waals surface area contributed by atoms with E-state index in [9.17, 15) is 4.79 Å². The van der Waals surface area contributed by atoms with Gasteiger partial charge in [-0.1, -0.05) is 46.3 Å². The molecule has 0 amide bonds. The Bertz CT molecular complexity index is 704. The van der Waals surface area contributed by atoms with E-state index >= 15 is 0 Å². The summed E-state index contributed by atoms with van der Waals surface area (Å²) in [5.41, 5.74) is 5.83. The fraction of sp³-hybridized carbons (Fsp3) is 0.167. The molecular weight excluding hydrogens is 326 g/mol. The van der Waals surface area contributed by atoms with Crippen LogP contribution in [0.3, 0.4) is 0 Å². The van der Waals surface area contributed by atoms with Crippen LogP contribution < -0.4 is 5.32 Å². The highest BCUT2D eigenvalue weighted by molar-refractivity contribution is 9.10. The van der Waals surface area contributed by atoms with Crippen molar-refractivity contribution in [3.8, 4) is 0 Å². The molecule has 0 heterocycles. The van der Waals surface area contributed by atoms with E-state index in [0.29, 0.717) is 5.57 Å². The van der Waals surface area contributed by atoms with E-state index in [4.69, 9.17) is 0 Å². The Kier molecular flexibility index (Phi) is 4.97. The van der Waals surface area contributed by atoms with Crippen LogP contribution in [0.2, 0.25) is 0 Å². The van der Waals surface area contributed by atoms with Gasteiger partial charge >= 0.3 is 0 Å². The maximum atomic E-state index is 11.5. The fourth-order valence-corrected chi connectivity index (χ4v) is 2.69. The van der Waals surface area contributed by atoms with E-state index in [1.54, 1.807) is 0 Å². The monoisotopic (exact) mass is 343 g/mol. The molecule has 0 aliphatic heterocycles. The van der Waals surface area contributed by atoms with Gasteiger partial charge in [0.05, 0.1) is 0 Å². The number of carbonyl (C=O) groups excluding carboxylic acids is 1. The summed E-state index contributed by atoms with van der Waals surface area (Å²) in [7, 11) is 0. The van der Waals surface area contributed by atoms with Crippen molar-refractivity contribution in [3.63, 3.8) is 0 Å². The molecule has 0 fully saturated rings. The first kappa shape index (κ1) is 15.5. The highest BCUT2D eigenvalue weighted by Gasteiger charge is 2.10. The molecule has 0 aliphatic rings. The van der Waals surface area contributed by atoms with Crippen molar-refractivity contribution in [3.05, 3.63) is 69.3 Å². The zero-order chi connectivity index (χ0) is 15.4. The van der Waals surface area contributed by atoms with Gasteiger partial charge in [0, 0.05) is 27.0 Å². The number of halogens is 1. The minimum absolute atomic E-state index is 0.656. The Labute approximate surface area is 134 Å². The standard InChI is InChI=1S/C18H18BrNO/c1-12-7-6-10-18(13(12)2)20-14(3)16(11-21)15-8-4-5-9-17(15)19/h4-11,20H,1-3H3/b16-14-. The Morgan fingerprint density at radius 2 is 1.81 bits per heavy atom. The maximum absolute atomic E-state index is 11.5. The zero-order valence-corrected chi connectivity index (χ0v) is 14.0. The predicted octanol–water partition coefficient (Wildman–Crippen LogP) is 5.11. The zero-order valence-electron chi connectivity index (χ0n) is 12.4. The summed E-state index contributed by atoms with van der Waals surface area (Å²) in [6.07, 6.45) is 0.896. The minimum atomic E-state index is 0.656. The highest BCUT2D eigenvalue weighted by atomic mass is 79.9. The first-order chi connectivity index (χ1) is 10.0. The van der Waals surface area contributed by atoms with Crippen molar-refractivity contribution in [1.82, 2.24) is 0 Å². The van der Waals surface area contributed by atoms with Crippen LogP contribution in [0, 0.1) is 13.8 Å². The van der Waals surface area contributed by atoms with Crippen molar-refractivity contribution >= 4 is 33.5 Å². The second-order valence-corrected chi connectivity index (χ2v) is 5.86. The molecule has 0 atom stereocenters. The number of carbonyl (C=O) groups is 1. The van der Waals surface area contributed by atoms with E-state index in [1.807, 2.05) is 43.3 Å². The molecule has 0 radical (unpaired) electrons. The molecule has 2 aromatic rings. The van der Waals surface area contributed by atoms with E-state index in [-0.39, 0.29) is 0 Å². The van der Waals surface area contributed by atoms with E-state index in [0.717, 1.165) is 27.7 Å². The number of rotatable bonds is 4. The Morgan fingerprint density at radius 1 is 1.10 bits per heavy atom. The molecule has 0 saturated heterocycles. The van der Waals surface area contributed by atoms with Crippen LogP contribution in [0.15, 0.2) is 52.6 Å². The molecule has 0 aliphatic carbocycles. The van der Waals surface area contributed by atoms with Gasteiger partial charge in [0.2, 0.25) is 0 Å². The second kappa shape index (κ2) is 6.72. The molecule has 2 rings (SSSR count). The van der Waals surface area contributed by atoms with Gasteiger partial charge in [0.1, 0.15) is 0 Å². The van der Waals surface area contributed by atoms with Crippen molar-refractivity contribution in [1.29, 1.82) is 0 Å². The van der Waals surface area contributed by atoms with E-state index < -0.39 is 0 Å². The van der Waals surface area contributed by atoms with Crippen LogP contribution >= 0.6 is 15.9 Å². The molecule has 0 aromatic heterocycles. The largest absolute Gasteiger partial charge is 0.358 e. The van der Waals surface area contributed by atoms with Crippen molar-refractivity contribution in [2.45, 2.75) is 20.8 Å². The third-order valence-corrected chi connectivity index (χ3v) is 4.30. The SMILES string of the molecule is C/C(Nc1cccc(C)c1C)=C(\C=O)c1ccccc1Br. The summed E-state index contributed by atoms with van der Waals surface area (Å²) in [4.78, 5) is 11.5. The van der Waals surface area contributed by atoms with E-state index in [1.165, 1.54) is 11.1 Å². The van der Waals surface area contributed by atoms with Crippen LogP contribution in [0.4, 0.5) is 5.69 Å². The number of hydrogen-bond acceptors (Lipinski definition) is 2. The molecular formula is C18H18BrNO. The number of aldehydes is 1. The van der Waals surface area contributed by atoms with Gasteiger partial charge < -0.3 is 5.32 Å². The number of anilines is 1. The third-order valence-electron chi connectivity index (χ3n) is 3.61. The summed E-state index contributed by atoms with van der Waals surface area (Å²) in [6.45, 7) is 6.07. The predicted molar refractivity (Wildman–Crippen MR) is 92.3 cm³/mol. The lowest BCUT2D eigenvalue weighted by Crippen LogP contribution is -2.03.